The lowest BCUT2D eigenvalue weighted by molar-refractivity contribution is -0.142. The van der Waals surface area contributed by atoms with Crippen molar-refractivity contribution in [3.05, 3.63) is 63.2 Å². The van der Waals surface area contributed by atoms with Crippen molar-refractivity contribution in [3.8, 4) is 22.1 Å². The van der Waals surface area contributed by atoms with Crippen LogP contribution in [0.15, 0.2) is 51.4 Å². The van der Waals surface area contributed by atoms with Crippen molar-refractivity contribution in [3.63, 3.8) is 0 Å². The molecule has 0 saturated carbocycles. The fraction of sp³-hybridized carbons (Fsp3) is 0.143. The van der Waals surface area contributed by atoms with Crippen molar-refractivity contribution >= 4 is 45.0 Å². The van der Waals surface area contributed by atoms with Crippen LogP contribution in [-0.4, -0.2) is 40.9 Å². The first-order valence-electron chi connectivity index (χ1n) is 9.48. The predicted octanol–water partition coefficient (Wildman–Crippen LogP) is 5.02. The number of carbonyl (C=O) groups excluding carboxylic acids is 1. The largest absolute Gasteiger partial charge is 0.496 e. The molecule has 0 unspecified atom stereocenters. The summed E-state index contributed by atoms with van der Waals surface area (Å²) in [7, 11) is 2.96. The molecule has 34 heavy (non-hydrogen) atoms. The molecule has 1 amide bonds. The van der Waals surface area contributed by atoms with Crippen LogP contribution in [-0.2, 0) is 6.18 Å². The van der Waals surface area contributed by atoms with Crippen LogP contribution in [0.3, 0.4) is 0 Å². The molecular weight excluding hydrogens is 539 g/mol. The topological polar surface area (TPSA) is 90.1 Å². The van der Waals surface area contributed by atoms with Crippen molar-refractivity contribution < 1.29 is 27.4 Å². The number of hydrogen-bond acceptors (Lipinski definition) is 7. The maximum atomic E-state index is 13.7. The van der Waals surface area contributed by atoms with Crippen molar-refractivity contribution in [2.24, 2.45) is 5.10 Å². The highest BCUT2D eigenvalue weighted by Crippen LogP contribution is 2.34. The Labute approximate surface area is 203 Å². The summed E-state index contributed by atoms with van der Waals surface area (Å²) in [4.78, 5) is 17.4. The zero-order chi connectivity index (χ0) is 24.5. The van der Waals surface area contributed by atoms with Crippen molar-refractivity contribution in [2.45, 2.75) is 6.18 Å². The van der Waals surface area contributed by atoms with E-state index in [1.807, 2.05) is 0 Å². The summed E-state index contributed by atoms with van der Waals surface area (Å²) in [6.45, 7) is 0. The van der Waals surface area contributed by atoms with Gasteiger partial charge in [0.1, 0.15) is 11.5 Å². The Bertz CT molecular complexity index is 1390. The number of thiophene rings is 1. The number of alkyl halides is 3. The highest BCUT2D eigenvalue weighted by molar-refractivity contribution is 9.10. The summed E-state index contributed by atoms with van der Waals surface area (Å²) in [6, 6.07) is 8.78. The molecule has 176 valence electrons. The van der Waals surface area contributed by atoms with Gasteiger partial charge in [-0.1, -0.05) is 6.07 Å². The molecule has 0 aliphatic heterocycles. The van der Waals surface area contributed by atoms with E-state index >= 15 is 0 Å². The Balaban J connectivity index is 1.65. The SMILES string of the molecule is COc1ccc(OC)c(/C=N/NC(=O)c2cc3nc(-c4cccs4)cc(C(F)(F)F)n3n2)c1Br. The maximum Gasteiger partial charge on any atom is 0.433 e. The predicted molar refractivity (Wildman–Crippen MR) is 124 cm³/mol. The molecule has 0 aliphatic rings. The summed E-state index contributed by atoms with van der Waals surface area (Å²) >= 11 is 4.63. The van der Waals surface area contributed by atoms with Crippen LogP contribution in [0.25, 0.3) is 16.2 Å². The lowest BCUT2D eigenvalue weighted by atomic mass is 10.2. The molecule has 0 atom stereocenters. The summed E-state index contributed by atoms with van der Waals surface area (Å²) in [5.74, 6) is 0.158. The van der Waals surface area contributed by atoms with Crippen molar-refractivity contribution in [1.82, 2.24) is 20.0 Å². The normalized spacial score (nSPS) is 11.8. The molecular formula is C21H15BrF3N5O3S. The summed E-state index contributed by atoms with van der Waals surface area (Å²) in [5.41, 5.74) is 1.42. The Morgan fingerprint density at radius 2 is 1.94 bits per heavy atom. The number of aromatic nitrogens is 3. The number of halogens is 4. The van der Waals surface area contributed by atoms with E-state index in [-0.39, 0.29) is 17.0 Å². The highest BCUT2D eigenvalue weighted by Gasteiger charge is 2.35. The molecule has 0 fully saturated rings. The van der Waals surface area contributed by atoms with Crippen LogP contribution in [0.2, 0.25) is 0 Å². The third kappa shape index (κ3) is 4.61. The lowest BCUT2D eigenvalue weighted by Crippen LogP contribution is -2.19. The first kappa shape index (κ1) is 23.7. The standard InChI is InChI=1S/C21H15BrF3N5O3S/c1-32-14-5-6-15(33-2)19(22)11(14)10-26-28-20(31)13-9-18-27-12(16-4-3-7-34-16)8-17(21(23,24)25)30(18)29-13/h3-10H,1-2H3,(H,28,31)/b26-10+. The fourth-order valence-corrected chi connectivity index (χ4v) is 4.34. The molecule has 0 aliphatic carbocycles. The number of nitrogens with one attached hydrogen (secondary N) is 1. The number of fused-ring (bicyclic) bond motifs is 1. The van der Waals surface area contributed by atoms with E-state index in [4.69, 9.17) is 9.47 Å². The average Bonchev–Trinajstić information content (AvgIpc) is 3.48. The van der Waals surface area contributed by atoms with Gasteiger partial charge < -0.3 is 9.47 Å². The van der Waals surface area contributed by atoms with E-state index in [2.05, 4.69) is 36.5 Å². The number of hydrogen-bond donors (Lipinski definition) is 1. The van der Waals surface area contributed by atoms with Gasteiger partial charge in [0, 0.05) is 6.07 Å². The number of rotatable bonds is 6. The van der Waals surface area contributed by atoms with E-state index in [1.54, 1.807) is 29.6 Å². The van der Waals surface area contributed by atoms with Gasteiger partial charge in [-0.3, -0.25) is 4.79 Å². The second-order valence-corrected chi connectivity index (χ2v) is 8.44. The van der Waals surface area contributed by atoms with Crippen LogP contribution < -0.4 is 14.9 Å². The van der Waals surface area contributed by atoms with Gasteiger partial charge in [-0.05, 0) is 45.6 Å². The number of benzene rings is 1. The molecule has 13 heteroatoms. The van der Waals surface area contributed by atoms with E-state index in [0.29, 0.717) is 30.9 Å². The Morgan fingerprint density at radius 3 is 2.59 bits per heavy atom. The highest BCUT2D eigenvalue weighted by atomic mass is 79.9. The third-order valence-electron chi connectivity index (χ3n) is 4.63. The number of ether oxygens (including phenoxy) is 2. The number of nitrogens with zero attached hydrogens (tertiary/aromatic N) is 4. The zero-order valence-electron chi connectivity index (χ0n) is 17.6. The smallest absolute Gasteiger partial charge is 0.433 e. The molecule has 4 rings (SSSR count). The minimum Gasteiger partial charge on any atom is -0.496 e. The summed E-state index contributed by atoms with van der Waals surface area (Å²) in [6.07, 6.45) is -3.40. The molecule has 3 heterocycles. The van der Waals surface area contributed by atoms with Gasteiger partial charge in [-0.25, -0.2) is 14.9 Å². The van der Waals surface area contributed by atoms with E-state index in [0.717, 1.165) is 6.07 Å². The quantitative estimate of drug-likeness (QED) is 0.267. The number of amides is 1. The van der Waals surface area contributed by atoms with E-state index in [9.17, 15) is 18.0 Å². The number of carbonyl (C=O) groups is 1. The summed E-state index contributed by atoms with van der Waals surface area (Å²) in [5, 5.41) is 9.42. The van der Waals surface area contributed by atoms with Gasteiger partial charge in [0.15, 0.2) is 17.0 Å². The Morgan fingerprint density at radius 1 is 1.21 bits per heavy atom. The molecule has 0 spiro atoms. The number of hydrazone groups is 1. The van der Waals surface area contributed by atoms with Crippen LogP contribution in [0, 0.1) is 0 Å². The first-order chi connectivity index (χ1) is 16.2. The molecule has 8 nitrogen and oxygen atoms in total. The van der Waals surface area contributed by atoms with Gasteiger partial charge in [0.05, 0.1) is 41.0 Å². The average molecular weight is 554 g/mol. The lowest BCUT2D eigenvalue weighted by Gasteiger charge is -2.10. The third-order valence-corrected chi connectivity index (χ3v) is 6.34. The first-order valence-corrected chi connectivity index (χ1v) is 11.2. The van der Waals surface area contributed by atoms with E-state index in [1.165, 1.54) is 37.8 Å². The van der Waals surface area contributed by atoms with Gasteiger partial charge in [0.25, 0.3) is 5.91 Å². The molecule has 3 aromatic heterocycles. The molecule has 0 bridgehead atoms. The van der Waals surface area contributed by atoms with Gasteiger partial charge in [-0.2, -0.15) is 23.4 Å². The Hall–Kier alpha value is -3.45. The van der Waals surface area contributed by atoms with Crippen LogP contribution in [0.1, 0.15) is 21.7 Å². The zero-order valence-corrected chi connectivity index (χ0v) is 20.0. The molecule has 1 aromatic carbocycles. The van der Waals surface area contributed by atoms with Gasteiger partial charge in [0.2, 0.25) is 0 Å². The number of methoxy groups -OCH3 is 2. The Kier molecular flexibility index (Phi) is 6.57. The fourth-order valence-electron chi connectivity index (χ4n) is 3.06. The van der Waals surface area contributed by atoms with Gasteiger partial charge >= 0.3 is 6.18 Å². The molecule has 0 saturated heterocycles. The second kappa shape index (κ2) is 9.43. The maximum absolute atomic E-state index is 13.7. The van der Waals surface area contributed by atoms with Crippen molar-refractivity contribution in [1.29, 1.82) is 0 Å². The minimum atomic E-state index is -4.71. The molecule has 0 radical (unpaired) electrons. The monoisotopic (exact) mass is 553 g/mol. The van der Waals surface area contributed by atoms with Crippen LogP contribution in [0.4, 0.5) is 13.2 Å². The van der Waals surface area contributed by atoms with Crippen molar-refractivity contribution in [2.75, 3.05) is 14.2 Å². The van der Waals surface area contributed by atoms with Crippen LogP contribution in [0.5, 0.6) is 11.5 Å². The molecule has 4 aromatic rings. The minimum absolute atomic E-state index is 0.121. The molecule has 1 N–H and O–H groups in total. The van der Waals surface area contributed by atoms with E-state index < -0.39 is 17.8 Å². The summed E-state index contributed by atoms with van der Waals surface area (Å²) < 4.78 is 52.7. The second-order valence-electron chi connectivity index (χ2n) is 6.70. The van der Waals surface area contributed by atoms with Crippen LogP contribution >= 0.6 is 27.3 Å². The van der Waals surface area contributed by atoms with Gasteiger partial charge in [-0.15, -0.1) is 11.3 Å².